The third-order valence-corrected chi connectivity index (χ3v) is 3.40. The second kappa shape index (κ2) is 6.51. The Hall–Kier alpha value is -0.400. The fourth-order valence-electron chi connectivity index (χ4n) is 1.33. The van der Waals surface area contributed by atoms with Crippen LogP contribution in [0.15, 0.2) is 18.2 Å². The Morgan fingerprint density at radius 1 is 1.65 bits per heavy atom. The van der Waals surface area contributed by atoms with Crippen LogP contribution >= 0.6 is 46.4 Å². The van der Waals surface area contributed by atoms with E-state index in [1.807, 2.05) is 6.92 Å². The molecule has 0 aliphatic heterocycles. The largest absolute Gasteiger partial charge is 0.393 e. The van der Waals surface area contributed by atoms with Crippen LogP contribution in [0.3, 0.4) is 0 Å². The SMILES string of the molecule is CC(CC(N)=S)NC(=O)c1cc(Cl)ccc1I. The lowest BCUT2D eigenvalue weighted by molar-refractivity contribution is 0.0940. The number of benzene rings is 1. The van der Waals surface area contributed by atoms with Gasteiger partial charge in [-0.05, 0) is 47.7 Å². The highest BCUT2D eigenvalue weighted by molar-refractivity contribution is 14.1. The van der Waals surface area contributed by atoms with Gasteiger partial charge in [0.2, 0.25) is 0 Å². The van der Waals surface area contributed by atoms with Crippen molar-refractivity contribution >= 4 is 57.3 Å². The maximum absolute atomic E-state index is 12.0. The van der Waals surface area contributed by atoms with E-state index in [4.69, 9.17) is 29.6 Å². The van der Waals surface area contributed by atoms with Gasteiger partial charge in [-0.15, -0.1) is 0 Å². The Bertz CT molecular complexity index is 453. The second-order valence-electron chi connectivity index (χ2n) is 3.67. The second-order valence-corrected chi connectivity index (χ2v) is 5.79. The lowest BCUT2D eigenvalue weighted by Crippen LogP contribution is -2.35. The Labute approximate surface area is 124 Å². The van der Waals surface area contributed by atoms with Gasteiger partial charge in [-0.2, -0.15) is 0 Å². The molecule has 1 atom stereocenters. The first kappa shape index (κ1) is 14.7. The molecule has 0 spiro atoms. The van der Waals surface area contributed by atoms with Crippen LogP contribution in [0.5, 0.6) is 0 Å². The molecule has 0 heterocycles. The summed E-state index contributed by atoms with van der Waals surface area (Å²) in [5.41, 5.74) is 5.98. The molecule has 0 aromatic heterocycles. The van der Waals surface area contributed by atoms with Crippen molar-refractivity contribution < 1.29 is 4.79 Å². The van der Waals surface area contributed by atoms with Gasteiger partial charge in [0.25, 0.3) is 5.91 Å². The molecule has 0 saturated carbocycles. The van der Waals surface area contributed by atoms with Crippen molar-refractivity contribution in [3.05, 3.63) is 32.4 Å². The minimum atomic E-state index is -0.166. The molecule has 3 N–H and O–H groups in total. The number of halogens is 2. The first-order chi connectivity index (χ1) is 7.90. The Balaban J connectivity index is 2.76. The van der Waals surface area contributed by atoms with Gasteiger partial charge in [0.15, 0.2) is 0 Å². The van der Waals surface area contributed by atoms with Crippen molar-refractivity contribution in [2.24, 2.45) is 5.73 Å². The zero-order chi connectivity index (χ0) is 13.0. The van der Waals surface area contributed by atoms with E-state index in [9.17, 15) is 4.79 Å². The summed E-state index contributed by atoms with van der Waals surface area (Å²) in [7, 11) is 0. The highest BCUT2D eigenvalue weighted by Crippen LogP contribution is 2.18. The zero-order valence-corrected chi connectivity index (χ0v) is 12.9. The molecular weight excluding hydrogens is 371 g/mol. The highest BCUT2D eigenvalue weighted by atomic mass is 127. The quantitative estimate of drug-likeness (QED) is 0.622. The lowest BCUT2D eigenvalue weighted by Gasteiger charge is -2.13. The zero-order valence-electron chi connectivity index (χ0n) is 9.17. The summed E-state index contributed by atoms with van der Waals surface area (Å²) < 4.78 is 0.854. The normalized spacial score (nSPS) is 11.9. The highest BCUT2D eigenvalue weighted by Gasteiger charge is 2.13. The molecule has 0 aliphatic rings. The van der Waals surface area contributed by atoms with Gasteiger partial charge in [0.05, 0.1) is 10.6 Å². The monoisotopic (exact) mass is 382 g/mol. The van der Waals surface area contributed by atoms with Crippen molar-refractivity contribution in [2.75, 3.05) is 0 Å². The van der Waals surface area contributed by atoms with E-state index in [1.54, 1.807) is 18.2 Å². The van der Waals surface area contributed by atoms with Gasteiger partial charge in [0.1, 0.15) is 0 Å². The van der Waals surface area contributed by atoms with Crippen LogP contribution in [0.4, 0.5) is 0 Å². The molecule has 1 aromatic carbocycles. The topological polar surface area (TPSA) is 55.1 Å². The first-order valence-corrected chi connectivity index (χ1v) is 6.81. The molecule has 92 valence electrons. The molecule has 0 radical (unpaired) electrons. The van der Waals surface area contributed by atoms with E-state index in [2.05, 4.69) is 27.9 Å². The van der Waals surface area contributed by atoms with Crippen LogP contribution in [-0.4, -0.2) is 16.9 Å². The third kappa shape index (κ3) is 4.77. The minimum Gasteiger partial charge on any atom is -0.393 e. The molecule has 0 fully saturated rings. The van der Waals surface area contributed by atoms with Crippen molar-refractivity contribution in [2.45, 2.75) is 19.4 Å². The molecule has 1 unspecified atom stereocenters. The molecule has 0 saturated heterocycles. The number of rotatable bonds is 4. The van der Waals surface area contributed by atoms with Gasteiger partial charge >= 0.3 is 0 Å². The van der Waals surface area contributed by atoms with E-state index in [0.717, 1.165) is 3.57 Å². The number of thiocarbonyl (C=S) groups is 1. The van der Waals surface area contributed by atoms with Crippen molar-refractivity contribution in [1.82, 2.24) is 5.32 Å². The summed E-state index contributed by atoms with van der Waals surface area (Å²) in [5.74, 6) is -0.166. The minimum absolute atomic E-state index is 0.0882. The fraction of sp³-hybridized carbons (Fsp3) is 0.273. The van der Waals surface area contributed by atoms with Crippen LogP contribution in [0.2, 0.25) is 5.02 Å². The van der Waals surface area contributed by atoms with Gasteiger partial charge in [-0.3, -0.25) is 4.79 Å². The lowest BCUT2D eigenvalue weighted by atomic mass is 10.2. The fourth-order valence-corrected chi connectivity index (χ4v) is 2.33. The molecule has 1 rings (SSSR count). The molecular formula is C11H12ClIN2OS. The van der Waals surface area contributed by atoms with Gasteiger partial charge < -0.3 is 11.1 Å². The smallest absolute Gasteiger partial charge is 0.252 e. The van der Waals surface area contributed by atoms with Crippen LogP contribution in [0, 0.1) is 3.57 Å². The van der Waals surface area contributed by atoms with Crippen molar-refractivity contribution in [3.8, 4) is 0 Å². The van der Waals surface area contributed by atoms with Crippen molar-refractivity contribution in [3.63, 3.8) is 0 Å². The predicted molar refractivity (Wildman–Crippen MR) is 82.5 cm³/mol. The van der Waals surface area contributed by atoms with E-state index in [-0.39, 0.29) is 11.9 Å². The molecule has 3 nitrogen and oxygen atoms in total. The van der Waals surface area contributed by atoms with Crippen LogP contribution < -0.4 is 11.1 Å². The average Bonchev–Trinajstić information content (AvgIpc) is 2.20. The molecule has 6 heteroatoms. The number of hydrogen-bond acceptors (Lipinski definition) is 2. The van der Waals surface area contributed by atoms with E-state index >= 15 is 0 Å². The van der Waals surface area contributed by atoms with Crippen molar-refractivity contribution in [1.29, 1.82) is 0 Å². The Morgan fingerprint density at radius 3 is 2.88 bits per heavy atom. The number of nitrogens with one attached hydrogen (secondary N) is 1. The van der Waals surface area contributed by atoms with E-state index in [0.29, 0.717) is 22.0 Å². The van der Waals surface area contributed by atoms with Crippen LogP contribution in [-0.2, 0) is 0 Å². The van der Waals surface area contributed by atoms with Crippen LogP contribution in [0.1, 0.15) is 23.7 Å². The summed E-state index contributed by atoms with van der Waals surface area (Å²) in [6.07, 6.45) is 0.484. The summed E-state index contributed by atoms with van der Waals surface area (Å²) in [6, 6.07) is 5.11. The maximum Gasteiger partial charge on any atom is 0.252 e. The molecule has 17 heavy (non-hydrogen) atoms. The summed E-state index contributed by atoms with van der Waals surface area (Å²) in [5, 5.41) is 3.37. The average molecular weight is 383 g/mol. The number of amides is 1. The number of carbonyl (C=O) groups excluding carboxylic acids is 1. The summed E-state index contributed by atoms with van der Waals surface area (Å²) in [4.78, 5) is 12.3. The first-order valence-electron chi connectivity index (χ1n) is 4.94. The number of carbonyl (C=O) groups is 1. The third-order valence-electron chi connectivity index (χ3n) is 2.06. The molecule has 1 aromatic rings. The van der Waals surface area contributed by atoms with Gasteiger partial charge in [-0.25, -0.2) is 0 Å². The van der Waals surface area contributed by atoms with Crippen LogP contribution in [0.25, 0.3) is 0 Å². The Morgan fingerprint density at radius 2 is 2.29 bits per heavy atom. The number of nitrogens with two attached hydrogens (primary N) is 1. The summed E-state index contributed by atoms with van der Waals surface area (Å²) >= 11 is 12.7. The van der Waals surface area contributed by atoms with Gasteiger partial charge in [-0.1, -0.05) is 23.8 Å². The van der Waals surface area contributed by atoms with E-state index in [1.165, 1.54) is 0 Å². The number of hydrogen-bond donors (Lipinski definition) is 2. The summed E-state index contributed by atoms with van der Waals surface area (Å²) in [6.45, 7) is 1.86. The Kier molecular flexibility index (Phi) is 5.61. The standard InChI is InChI=1S/C11H12ClIN2OS/c1-6(4-10(14)17)15-11(16)8-5-7(12)2-3-9(8)13/h2-3,5-6H,4H2,1H3,(H2,14,17)(H,15,16). The molecule has 1 amide bonds. The van der Waals surface area contributed by atoms with E-state index < -0.39 is 0 Å². The predicted octanol–water partition coefficient (Wildman–Crippen LogP) is 2.74. The van der Waals surface area contributed by atoms with Gasteiger partial charge in [0, 0.05) is 21.1 Å². The molecule has 0 aliphatic carbocycles. The maximum atomic E-state index is 12.0. The molecule has 0 bridgehead atoms.